The van der Waals surface area contributed by atoms with Crippen LogP contribution >= 0.6 is 0 Å². The van der Waals surface area contributed by atoms with E-state index in [0.717, 1.165) is 37.6 Å². The summed E-state index contributed by atoms with van der Waals surface area (Å²) in [5, 5.41) is 8.78. The first-order valence-corrected chi connectivity index (χ1v) is 11.1. The lowest BCUT2D eigenvalue weighted by molar-refractivity contribution is 0.313. The number of hydrogen-bond acceptors (Lipinski definition) is 3. The number of likely N-dealkylation sites (N-methyl/N-ethyl adjacent to an activating group) is 1. The molecule has 0 aliphatic carbocycles. The van der Waals surface area contributed by atoms with E-state index in [1.165, 1.54) is 27.7 Å². The van der Waals surface area contributed by atoms with Gasteiger partial charge < -0.3 is 14.4 Å². The average Bonchev–Trinajstić information content (AvgIpc) is 3.44. The number of hydrogen-bond donors (Lipinski definition) is 1. The molecule has 162 valence electrons. The second kappa shape index (κ2) is 8.89. The minimum atomic E-state index is 0.922. The van der Waals surface area contributed by atoms with Crippen molar-refractivity contribution in [2.45, 2.75) is 0 Å². The zero-order chi connectivity index (χ0) is 21.9. The fraction of sp³-hybridized carbons (Fsp3) is 0.222. The van der Waals surface area contributed by atoms with E-state index in [4.69, 9.17) is 0 Å². The minimum absolute atomic E-state index is 0.922. The van der Waals surface area contributed by atoms with Crippen LogP contribution < -0.4 is 4.90 Å². The van der Waals surface area contributed by atoms with Crippen molar-refractivity contribution in [2.24, 2.45) is 7.05 Å². The van der Waals surface area contributed by atoms with Gasteiger partial charge in [0.1, 0.15) is 0 Å². The van der Waals surface area contributed by atoms with E-state index >= 15 is 0 Å². The molecular weight excluding hydrogens is 394 g/mol. The van der Waals surface area contributed by atoms with Crippen molar-refractivity contribution in [3.05, 3.63) is 83.3 Å². The zero-order valence-electron chi connectivity index (χ0n) is 18.7. The van der Waals surface area contributed by atoms with Crippen LogP contribution in [0.4, 0.5) is 5.69 Å². The van der Waals surface area contributed by atoms with Crippen molar-refractivity contribution in [1.82, 2.24) is 19.7 Å². The molecule has 5 heteroatoms. The number of anilines is 1. The van der Waals surface area contributed by atoms with Crippen molar-refractivity contribution < 1.29 is 0 Å². The summed E-state index contributed by atoms with van der Waals surface area (Å²) in [6.45, 7) is 4.43. The topological polar surface area (TPSA) is 40.1 Å². The van der Waals surface area contributed by atoms with Gasteiger partial charge in [-0.1, -0.05) is 36.4 Å². The van der Waals surface area contributed by atoms with Crippen LogP contribution in [0.15, 0.2) is 60.8 Å². The third kappa shape index (κ3) is 4.53. The van der Waals surface area contributed by atoms with Crippen LogP contribution in [-0.4, -0.2) is 52.9 Å². The largest absolute Gasteiger partial charge is 0.369 e. The Morgan fingerprint density at radius 1 is 0.781 bits per heavy atom. The second-order valence-corrected chi connectivity index (χ2v) is 8.54. The van der Waals surface area contributed by atoms with Gasteiger partial charge in [-0.3, -0.25) is 5.10 Å². The fourth-order valence-corrected chi connectivity index (χ4v) is 4.14. The maximum atomic E-state index is 4.42. The summed E-state index contributed by atoms with van der Waals surface area (Å²) >= 11 is 0. The molecule has 5 rings (SSSR count). The van der Waals surface area contributed by atoms with E-state index in [1.807, 2.05) is 0 Å². The molecule has 0 amide bonds. The first-order valence-electron chi connectivity index (χ1n) is 11.1. The summed E-state index contributed by atoms with van der Waals surface area (Å²) in [4.78, 5) is 4.83. The van der Waals surface area contributed by atoms with Gasteiger partial charge in [0.2, 0.25) is 0 Å². The highest BCUT2D eigenvalue weighted by atomic mass is 15.2. The van der Waals surface area contributed by atoms with Gasteiger partial charge in [-0.25, -0.2) is 0 Å². The molecular formula is C27H29N5. The molecule has 0 atom stereocenters. The fourth-order valence-electron chi connectivity index (χ4n) is 4.14. The highest BCUT2D eigenvalue weighted by Crippen LogP contribution is 2.20. The third-order valence-corrected chi connectivity index (χ3v) is 6.19. The summed E-state index contributed by atoms with van der Waals surface area (Å²) < 4.78 is 2.14. The Morgan fingerprint density at radius 3 is 2.34 bits per heavy atom. The van der Waals surface area contributed by atoms with E-state index < -0.39 is 0 Å². The Hall–Kier alpha value is -3.57. The van der Waals surface area contributed by atoms with Crippen LogP contribution in [0.2, 0.25) is 0 Å². The van der Waals surface area contributed by atoms with Crippen molar-refractivity contribution in [1.29, 1.82) is 0 Å². The number of piperazine rings is 1. The molecule has 4 aromatic rings. The summed E-state index contributed by atoms with van der Waals surface area (Å²) in [6.07, 6.45) is 10.4. The van der Waals surface area contributed by atoms with Crippen LogP contribution in [0.1, 0.15) is 22.5 Å². The quantitative estimate of drug-likeness (QED) is 0.491. The molecule has 0 bridgehead atoms. The Labute approximate surface area is 189 Å². The van der Waals surface area contributed by atoms with Crippen LogP contribution in [0, 0.1) is 0 Å². The van der Waals surface area contributed by atoms with Crippen molar-refractivity contribution in [3.63, 3.8) is 0 Å². The van der Waals surface area contributed by atoms with Crippen molar-refractivity contribution in [2.75, 3.05) is 38.1 Å². The number of aromatic nitrogens is 3. The highest BCUT2D eigenvalue weighted by molar-refractivity contribution is 5.84. The number of rotatable bonds is 5. The Morgan fingerprint density at radius 2 is 1.53 bits per heavy atom. The number of fused-ring (bicyclic) bond motifs is 1. The number of aromatic amines is 1. The molecule has 0 saturated carbocycles. The van der Waals surface area contributed by atoms with Gasteiger partial charge in [0.25, 0.3) is 0 Å². The van der Waals surface area contributed by atoms with Gasteiger partial charge in [0.15, 0.2) is 0 Å². The summed E-state index contributed by atoms with van der Waals surface area (Å²) in [7, 11) is 4.26. The van der Waals surface area contributed by atoms with Crippen molar-refractivity contribution in [3.8, 4) is 0 Å². The molecule has 0 unspecified atom stereocenters. The zero-order valence-corrected chi connectivity index (χ0v) is 18.7. The molecule has 1 aliphatic rings. The van der Waals surface area contributed by atoms with Gasteiger partial charge in [0, 0.05) is 50.6 Å². The second-order valence-electron chi connectivity index (χ2n) is 8.54. The number of aryl methyl sites for hydroxylation is 1. The van der Waals surface area contributed by atoms with Gasteiger partial charge in [-0.2, -0.15) is 5.10 Å². The molecule has 2 aromatic carbocycles. The van der Waals surface area contributed by atoms with Gasteiger partial charge in [-0.05, 0) is 66.0 Å². The van der Waals surface area contributed by atoms with E-state index in [0.29, 0.717) is 0 Å². The van der Waals surface area contributed by atoms with E-state index in [1.54, 1.807) is 0 Å². The number of nitrogens with zero attached hydrogens (tertiary/aromatic N) is 4. The Kier molecular flexibility index (Phi) is 5.65. The molecule has 32 heavy (non-hydrogen) atoms. The lowest BCUT2D eigenvalue weighted by Crippen LogP contribution is -2.44. The number of H-pyrrole nitrogens is 1. The molecule has 1 N–H and O–H groups in total. The number of nitrogens with one attached hydrogen (secondary N) is 1. The summed E-state index contributed by atoms with van der Waals surface area (Å²) in [5.74, 6) is 0. The van der Waals surface area contributed by atoms with E-state index in [2.05, 4.69) is 124 Å². The van der Waals surface area contributed by atoms with Gasteiger partial charge in [-0.15, -0.1) is 0 Å². The maximum absolute atomic E-state index is 4.42. The number of benzene rings is 2. The third-order valence-electron chi connectivity index (χ3n) is 6.19. The van der Waals surface area contributed by atoms with Crippen LogP contribution in [0.5, 0.6) is 0 Å². The predicted molar refractivity (Wildman–Crippen MR) is 136 cm³/mol. The smallest absolute Gasteiger partial charge is 0.0854 e. The van der Waals surface area contributed by atoms with Crippen LogP contribution in [0.3, 0.4) is 0 Å². The van der Waals surface area contributed by atoms with E-state index in [-0.39, 0.29) is 0 Å². The van der Waals surface area contributed by atoms with Crippen LogP contribution in [-0.2, 0) is 7.05 Å². The molecule has 1 fully saturated rings. The molecule has 1 aliphatic heterocycles. The first kappa shape index (κ1) is 20.3. The summed E-state index contributed by atoms with van der Waals surface area (Å²) in [6, 6.07) is 19.5. The maximum Gasteiger partial charge on any atom is 0.0854 e. The van der Waals surface area contributed by atoms with Crippen LogP contribution in [0.25, 0.3) is 35.2 Å². The van der Waals surface area contributed by atoms with Gasteiger partial charge >= 0.3 is 0 Å². The molecule has 5 nitrogen and oxygen atoms in total. The monoisotopic (exact) mass is 423 g/mol. The highest BCUT2D eigenvalue weighted by Gasteiger charge is 2.13. The molecule has 0 radical (unpaired) electrons. The van der Waals surface area contributed by atoms with E-state index in [9.17, 15) is 0 Å². The first-order chi connectivity index (χ1) is 15.6. The standard InChI is InChI=1S/C27H29N5/c1-30-15-17-32(18-16-30)26-11-6-21(7-12-26)4-9-24-20-25(29-28-24)10-5-22-3-8-23-13-14-31(2)27(23)19-22/h3-14,19-20H,15-18H2,1-2H3,(H,28,29). The SMILES string of the molecule is CN1CCN(c2ccc(C=Cc3cc(C=Cc4ccc5ccn(C)c5c4)[nH]n3)cc2)CC1. The predicted octanol–water partition coefficient (Wildman–Crippen LogP) is 4.99. The summed E-state index contributed by atoms with van der Waals surface area (Å²) in [5.41, 5.74) is 6.80. The minimum Gasteiger partial charge on any atom is -0.369 e. The molecule has 0 spiro atoms. The lowest BCUT2D eigenvalue weighted by Gasteiger charge is -2.34. The lowest BCUT2D eigenvalue weighted by atomic mass is 10.1. The van der Waals surface area contributed by atoms with Crippen molar-refractivity contribution >= 4 is 40.9 Å². The molecule has 3 heterocycles. The Balaban J connectivity index is 1.22. The average molecular weight is 424 g/mol. The Bertz CT molecular complexity index is 1250. The molecule has 2 aromatic heterocycles. The van der Waals surface area contributed by atoms with Gasteiger partial charge in [0.05, 0.1) is 11.4 Å². The molecule has 1 saturated heterocycles. The normalized spacial score (nSPS) is 15.5.